The number of hydrogen-bond acceptors (Lipinski definition) is 8. The summed E-state index contributed by atoms with van der Waals surface area (Å²) in [6, 6.07) is 5.18. The minimum absolute atomic E-state index is 0.314. The van der Waals surface area contributed by atoms with Crippen molar-refractivity contribution >= 4 is 28.7 Å². The number of fused-ring (bicyclic) bond motifs is 2. The molecule has 0 bridgehead atoms. The average molecular weight is 382 g/mol. The van der Waals surface area contributed by atoms with E-state index >= 15 is 0 Å². The number of rotatable bonds is 4. The lowest BCUT2D eigenvalue weighted by molar-refractivity contribution is -0.132. The van der Waals surface area contributed by atoms with Gasteiger partial charge in [0, 0.05) is 12.0 Å². The van der Waals surface area contributed by atoms with Gasteiger partial charge in [0.1, 0.15) is 16.7 Å². The van der Waals surface area contributed by atoms with E-state index in [9.17, 15) is 9.59 Å². The van der Waals surface area contributed by atoms with E-state index in [4.69, 9.17) is 9.84 Å². The van der Waals surface area contributed by atoms with Crippen molar-refractivity contribution in [3.05, 3.63) is 47.2 Å². The molecule has 0 fully saturated rings. The third-order valence-electron chi connectivity index (χ3n) is 3.90. The van der Waals surface area contributed by atoms with Gasteiger partial charge in [-0.2, -0.15) is 15.0 Å². The monoisotopic (exact) mass is 382 g/mol. The third kappa shape index (κ3) is 4.17. The maximum absolute atomic E-state index is 11.5. The first kappa shape index (κ1) is 19.1. The van der Waals surface area contributed by atoms with Crippen molar-refractivity contribution in [2.45, 2.75) is 26.8 Å². The second-order valence-electron chi connectivity index (χ2n) is 5.77. The number of benzene rings is 1. The van der Waals surface area contributed by atoms with Gasteiger partial charge in [-0.05, 0) is 49.4 Å². The highest BCUT2D eigenvalue weighted by Gasteiger charge is 2.20. The van der Waals surface area contributed by atoms with E-state index in [0.717, 1.165) is 5.52 Å². The Labute approximate surface area is 159 Å². The summed E-state index contributed by atoms with van der Waals surface area (Å²) >= 11 is 0. The zero-order valence-electron chi connectivity index (χ0n) is 15.4. The van der Waals surface area contributed by atoms with Gasteiger partial charge >= 0.3 is 11.9 Å². The highest BCUT2D eigenvalue weighted by atomic mass is 16.5. The smallest absolute Gasteiger partial charge is 0.338 e. The maximum Gasteiger partial charge on any atom is 0.338 e. The Morgan fingerprint density at radius 1 is 1.18 bits per heavy atom. The van der Waals surface area contributed by atoms with Crippen LogP contribution < -0.4 is 0 Å². The van der Waals surface area contributed by atoms with E-state index in [-0.39, 0.29) is 5.97 Å². The summed E-state index contributed by atoms with van der Waals surface area (Å²) in [4.78, 5) is 23.6. The number of ether oxygens (including phenoxy) is 1. The minimum atomic E-state index is -0.917. The normalized spacial score (nSPS) is 14.4. The van der Waals surface area contributed by atoms with Crippen LogP contribution in [0.1, 0.15) is 30.6 Å². The van der Waals surface area contributed by atoms with Crippen molar-refractivity contribution in [2.24, 2.45) is 15.4 Å². The lowest BCUT2D eigenvalue weighted by atomic mass is 10.0. The molecule has 1 aromatic carbocycles. The Kier molecular flexibility index (Phi) is 5.68. The predicted octanol–water partition coefficient (Wildman–Crippen LogP) is 2.73. The fraction of sp³-hybridized carbons (Fsp3) is 0.278. The van der Waals surface area contributed by atoms with Crippen LogP contribution in [-0.2, 0) is 16.1 Å². The fourth-order valence-electron chi connectivity index (χ4n) is 2.50. The van der Waals surface area contributed by atoms with Gasteiger partial charge < -0.3 is 9.84 Å². The van der Waals surface area contributed by atoms with E-state index in [0.29, 0.717) is 47.6 Å². The Bertz CT molecular complexity index is 1050. The number of carboxylic acid groups (broad SMARTS) is 1. The number of esters is 1. The number of hydrogen-bond donors (Lipinski definition) is 1. The topological polar surface area (TPSA) is 131 Å². The van der Waals surface area contributed by atoms with Crippen molar-refractivity contribution < 1.29 is 19.4 Å². The number of carbonyl (C=O) groups excluding carboxylic acids is 1. The molecule has 0 radical (unpaired) electrons. The molecule has 1 aromatic heterocycles. The quantitative estimate of drug-likeness (QED) is 0.809. The van der Waals surface area contributed by atoms with Crippen LogP contribution in [0.2, 0.25) is 0 Å². The van der Waals surface area contributed by atoms with Crippen LogP contribution in [0.15, 0.2) is 57.1 Å². The zero-order valence-corrected chi connectivity index (χ0v) is 15.4. The molecule has 2 heterocycles. The molecule has 1 aliphatic carbocycles. The van der Waals surface area contributed by atoms with Crippen LogP contribution in [0.4, 0.5) is 0 Å². The lowest BCUT2D eigenvalue weighted by Crippen LogP contribution is -2.10. The van der Waals surface area contributed by atoms with Gasteiger partial charge in [-0.15, -0.1) is 10.2 Å². The molecule has 0 atom stereocenters. The zero-order chi connectivity index (χ0) is 20.1. The predicted molar refractivity (Wildman–Crippen MR) is 99.9 cm³/mol. The Balaban J connectivity index is 0.000000167. The SMILES string of the molecule is CCOC(=O)c1ccc2nn(CC)nc2c1.O=C(O)C1=CC=C2N=NN=C2C1. The first-order chi connectivity index (χ1) is 13.5. The van der Waals surface area contributed by atoms with Crippen LogP contribution in [0, 0.1) is 0 Å². The Morgan fingerprint density at radius 3 is 2.68 bits per heavy atom. The van der Waals surface area contributed by atoms with Crippen LogP contribution >= 0.6 is 0 Å². The molecule has 10 heteroatoms. The van der Waals surface area contributed by atoms with E-state index in [1.165, 1.54) is 6.08 Å². The van der Waals surface area contributed by atoms with Crippen LogP contribution in [-0.4, -0.2) is 44.4 Å². The van der Waals surface area contributed by atoms with Gasteiger partial charge in [0.15, 0.2) is 0 Å². The molecule has 2 aromatic rings. The van der Waals surface area contributed by atoms with Gasteiger partial charge in [0.2, 0.25) is 0 Å². The molecule has 0 spiro atoms. The van der Waals surface area contributed by atoms with E-state index in [1.54, 1.807) is 36.0 Å². The van der Waals surface area contributed by atoms with Gasteiger partial charge in [0.25, 0.3) is 0 Å². The van der Waals surface area contributed by atoms with Crippen molar-refractivity contribution in [1.29, 1.82) is 0 Å². The Hall–Kier alpha value is -3.69. The first-order valence-electron chi connectivity index (χ1n) is 8.66. The molecule has 0 amide bonds. The molecule has 1 N–H and O–H groups in total. The van der Waals surface area contributed by atoms with Crippen molar-refractivity contribution in [2.75, 3.05) is 6.61 Å². The summed E-state index contributed by atoms with van der Waals surface area (Å²) in [6.07, 6.45) is 3.46. The van der Waals surface area contributed by atoms with E-state index < -0.39 is 5.97 Å². The summed E-state index contributed by atoms with van der Waals surface area (Å²) < 4.78 is 4.92. The number of carbonyl (C=O) groups is 2. The van der Waals surface area contributed by atoms with Crippen molar-refractivity contribution in [3.63, 3.8) is 0 Å². The minimum Gasteiger partial charge on any atom is -0.478 e. The van der Waals surface area contributed by atoms with Crippen LogP contribution in [0.3, 0.4) is 0 Å². The number of nitrogens with zero attached hydrogens (tertiary/aromatic N) is 6. The molecule has 10 nitrogen and oxygen atoms in total. The maximum atomic E-state index is 11.5. The summed E-state index contributed by atoms with van der Waals surface area (Å²) in [5, 5.41) is 27.9. The molecule has 4 rings (SSSR count). The summed E-state index contributed by atoms with van der Waals surface area (Å²) in [5.41, 5.74) is 3.64. The fourth-order valence-corrected chi connectivity index (χ4v) is 2.50. The Morgan fingerprint density at radius 2 is 1.96 bits per heavy atom. The largest absolute Gasteiger partial charge is 0.478 e. The standard InChI is InChI=1S/C11H13N3O2.C7H5N3O2/c1-3-14-12-9-6-5-8(7-10(9)13-14)11(15)16-4-2;11-7(12)4-1-2-5-6(3-4)9-10-8-5/h5-7H,3-4H2,1-2H3;1-2H,3H2,(H,11,12). The average Bonchev–Trinajstić information content (AvgIpc) is 3.33. The molecule has 0 saturated carbocycles. The number of aromatic nitrogens is 3. The van der Waals surface area contributed by atoms with E-state index in [1.807, 2.05) is 6.92 Å². The third-order valence-corrected chi connectivity index (χ3v) is 3.90. The van der Waals surface area contributed by atoms with Crippen molar-refractivity contribution in [3.8, 4) is 0 Å². The van der Waals surface area contributed by atoms with Gasteiger partial charge in [-0.1, -0.05) is 0 Å². The first-order valence-corrected chi connectivity index (χ1v) is 8.66. The van der Waals surface area contributed by atoms with Gasteiger partial charge in [-0.3, -0.25) is 0 Å². The summed E-state index contributed by atoms with van der Waals surface area (Å²) in [6.45, 7) is 4.83. The number of carboxylic acids is 1. The molecular weight excluding hydrogens is 364 g/mol. The van der Waals surface area contributed by atoms with Crippen LogP contribution in [0.5, 0.6) is 0 Å². The van der Waals surface area contributed by atoms with Gasteiger partial charge in [0.05, 0.1) is 24.4 Å². The summed E-state index contributed by atoms with van der Waals surface area (Å²) in [5.74, 6) is -1.24. The molecule has 144 valence electrons. The van der Waals surface area contributed by atoms with Crippen LogP contribution in [0.25, 0.3) is 11.0 Å². The van der Waals surface area contributed by atoms with Crippen molar-refractivity contribution in [1.82, 2.24) is 15.0 Å². The highest BCUT2D eigenvalue weighted by molar-refractivity contribution is 6.08. The molecular formula is C18H18N6O4. The number of aryl methyl sites for hydroxylation is 1. The molecule has 0 saturated heterocycles. The van der Waals surface area contributed by atoms with E-state index in [2.05, 4.69) is 25.6 Å². The summed E-state index contributed by atoms with van der Waals surface area (Å²) in [7, 11) is 0. The molecule has 2 aliphatic rings. The second kappa shape index (κ2) is 8.33. The molecule has 28 heavy (non-hydrogen) atoms. The highest BCUT2D eigenvalue weighted by Crippen LogP contribution is 2.21. The number of aliphatic carboxylic acids is 1. The number of allylic oxidation sites excluding steroid dienone is 3. The lowest BCUT2D eigenvalue weighted by Gasteiger charge is -2.05. The molecule has 1 aliphatic heterocycles. The molecule has 0 unspecified atom stereocenters. The van der Waals surface area contributed by atoms with Gasteiger partial charge in [-0.25, -0.2) is 9.59 Å². The second-order valence-corrected chi connectivity index (χ2v) is 5.77.